The van der Waals surface area contributed by atoms with Gasteiger partial charge in [0.05, 0.1) is 31.5 Å². The van der Waals surface area contributed by atoms with E-state index in [4.69, 9.17) is 15.2 Å². The average molecular weight is 317 g/mol. The van der Waals surface area contributed by atoms with E-state index in [0.717, 1.165) is 24.1 Å². The summed E-state index contributed by atoms with van der Waals surface area (Å²) >= 11 is 0. The predicted molar refractivity (Wildman–Crippen MR) is 88.9 cm³/mol. The maximum atomic E-state index is 11.6. The minimum atomic E-state index is -0.551. The summed E-state index contributed by atoms with van der Waals surface area (Å²) in [5.74, 6) is 0.768. The van der Waals surface area contributed by atoms with E-state index in [1.165, 1.54) is 0 Å². The number of carbonyl (C=O) groups excluding carboxylic acids is 1. The van der Waals surface area contributed by atoms with Crippen LogP contribution in [-0.4, -0.2) is 29.9 Å². The number of nitrogens with two attached hydrogens (primary N) is 1. The van der Waals surface area contributed by atoms with Gasteiger partial charge in [-0.25, -0.2) is 0 Å². The van der Waals surface area contributed by atoms with Crippen LogP contribution < -0.4 is 15.2 Å². The third kappa shape index (κ3) is 3.16. The summed E-state index contributed by atoms with van der Waals surface area (Å²) in [5.41, 5.74) is 7.19. The van der Waals surface area contributed by atoms with Gasteiger partial charge in [0.1, 0.15) is 11.5 Å². The molecule has 0 spiro atoms. The third-order valence-electron chi connectivity index (χ3n) is 3.96. The van der Waals surface area contributed by atoms with Crippen molar-refractivity contribution < 1.29 is 14.3 Å². The van der Waals surface area contributed by atoms with Gasteiger partial charge in [-0.3, -0.25) is 9.48 Å². The number of benzene rings is 1. The van der Waals surface area contributed by atoms with Crippen LogP contribution in [0.15, 0.2) is 24.3 Å². The lowest BCUT2D eigenvalue weighted by molar-refractivity contribution is 0.0994. The van der Waals surface area contributed by atoms with Gasteiger partial charge in [0.25, 0.3) is 5.91 Å². The molecule has 0 aliphatic rings. The largest absolute Gasteiger partial charge is 0.496 e. The van der Waals surface area contributed by atoms with E-state index in [-0.39, 0.29) is 11.7 Å². The molecule has 124 valence electrons. The summed E-state index contributed by atoms with van der Waals surface area (Å²) in [5, 5.41) is 4.41. The fourth-order valence-corrected chi connectivity index (χ4v) is 2.72. The van der Waals surface area contributed by atoms with Crippen molar-refractivity contribution in [2.45, 2.75) is 32.7 Å². The lowest BCUT2D eigenvalue weighted by Gasteiger charge is -2.19. The molecule has 2 aromatic rings. The van der Waals surface area contributed by atoms with Crippen LogP contribution in [0.4, 0.5) is 0 Å². The smallest absolute Gasteiger partial charge is 0.269 e. The number of nitrogens with zero attached hydrogens (tertiary/aromatic N) is 2. The van der Waals surface area contributed by atoms with E-state index in [1.807, 2.05) is 22.9 Å². The first-order chi connectivity index (χ1) is 11.1. The lowest BCUT2D eigenvalue weighted by atomic mass is 10.1. The lowest BCUT2D eigenvalue weighted by Crippen LogP contribution is -2.15. The topological polar surface area (TPSA) is 79.4 Å². The molecule has 0 saturated heterocycles. The predicted octanol–water partition coefficient (Wildman–Crippen LogP) is 3.03. The highest BCUT2D eigenvalue weighted by Gasteiger charge is 2.23. The minimum Gasteiger partial charge on any atom is -0.496 e. The van der Waals surface area contributed by atoms with Gasteiger partial charge in [0, 0.05) is 0 Å². The summed E-state index contributed by atoms with van der Waals surface area (Å²) < 4.78 is 12.8. The second-order valence-corrected chi connectivity index (χ2v) is 5.23. The second kappa shape index (κ2) is 7.17. The van der Waals surface area contributed by atoms with Crippen molar-refractivity contribution in [3.05, 3.63) is 30.0 Å². The molecule has 1 aromatic heterocycles. The van der Waals surface area contributed by atoms with Crippen LogP contribution in [0, 0.1) is 0 Å². The average Bonchev–Trinajstić information content (AvgIpc) is 3.00. The molecule has 0 unspecified atom stereocenters. The van der Waals surface area contributed by atoms with Gasteiger partial charge in [0.2, 0.25) is 0 Å². The van der Waals surface area contributed by atoms with Crippen molar-refractivity contribution in [3.8, 4) is 22.8 Å². The zero-order valence-corrected chi connectivity index (χ0v) is 14.0. The fraction of sp³-hybridized carbons (Fsp3) is 0.412. The normalized spacial score (nSPS) is 10.8. The number of rotatable bonds is 7. The number of primary amides is 1. The summed E-state index contributed by atoms with van der Waals surface area (Å²) in [6.45, 7) is 4.17. The SMILES string of the molecule is CCC(CC)n1nc(C(N)=O)cc1-c1c(OC)cccc1OC. The zero-order chi connectivity index (χ0) is 17.0. The van der Waals surface area contributed by atoms with E-state index < -0.39 is 5.91 Å². The molecule has 0 aliphatic heterocycles. The molecule has 0 radical (unpaired) electrons. The minimum absolute atomic E-state index is 0.160. The first-order valence-corrected chi connectivity index (χ1v) is 7.68. The highest BCUT2D eigenvalue weighted by molar-refractivity contribution is 5.92. The van der Waals surface area contributed by atoms with Crippen molar-refractivity contribution in [2.75, 3.05) is 14.2 Å². The molecule has 0 atom stereocenters. The van der Waals surface area contributed by atoms with E-state index >= 15 is 0 Å². The molecule has 2 N–H and O–H groups in total. The Morgan fingerprint density at radius 1 is 1.22 bits per heavy atom. The first-order valence-electron chi connectivity index (χ1n) is 7.68. The zero-order valence-electron chi connectivity index (χ0n) is 14.0. The molecular weight excluding hydrogens is 294 g/mol. The number of ether oxygens (including phenoxy) is 2. The molecule has 6 nitrogen and oxygen atoms in total. The van der Waals surface area contributed by atoms with Crippen molar-refractivity contribution in [2.24, 2.45) is 5.73 Å². The summed E-state index contributed by atoms with van der Waals surface area (Å²) in [7, 11) is 3.20. The maximum absolute atomic E-state index is 11.6. The molecule has 1 aromatic carbocycles. The molecule has 0 saturated carbocycles. The monoisotopic (exact) mass is 317 g/mol. The molecule has 6 heteroatoms. The van der Waals surface area contributed by atoms with Crippen LogP contribution in [0.2, 0.25) is 0 Å². The van der Waals surface area contributed by atoms with Crippen LogP contribution in [0.3, 0.4) is 0 Å². The Bertz CT molecular complexity index is 668. The van der Waals surface area contributed by atoms with Crippen LogP contribution in [-0.2, 0) is 0 Å². The highest BCUT2D eigenvalue weighted by atomic mass is 16.5. The number of amides is 1. The molecule has 23 heavy (non-hydrogen) atoms. The van der Waals surface area contributed by atoms with E-state index in [9.17, 15) is 4.79 Å². The molecule has 0 aliphatic carbocycles. The first kappa shape index (κ1) is 16.9. The number of hydrogen-bond acceptors (Lipinski definition) is 4. The Labute approximate surface area is 136 Å². The quantitative estimate of drug-likeness (QED) is 0.851. The van der Waals surface area contributed by atoms with Crippen molar-refractivity contribution in [1.29, 1.82) is 0 Å². The van der Waals surface area contributed by atoms with Crippen LogP contribution >= 0.6 is 0 Å². The molecule has 0 fully saturated rings. The van der Waals surface area contributed by atoms with Crippen molar-refractivity contribution in [3.63, 3.8) is 0 Å². The van der Waals surface area contributed by atoms with Gasteiger partial charge in [-0.1, -0.05) is 19.9 Å². The Hall–Kier alpha value is -2.50. The Morgan fingerprint density at radius 3 is 2.22 bits per heavy atom. The van der Waals surface area contributed by atoms with Gasteiger partial charge in [-0.05, 0) is 31.0 Å². The number of carbonyl (C=O) groups is 1. The molecule has 0 bridgehead atoms. The van der Waals surface area contributed by atoms with Crippen molar-refractivity contribution in [1.82, 2.24) is 9.78 Å². The highest BCUT2D eigenvalue weighted by Crippen LogP contribution is 2.40. The van der Waals surface area contributed by atoms with Gasteiger partial charge in [-0.2, -0.15) is 5.10 Å². The summed E-state index contributed by atoms with van der Waals surface area (Å²) in [6.07, 6.45) is 1.78. The second-order valence-electron chi connectivity index (χ2n) is 5.23. The van der Waals surface area contributed by atoms with Gasteiger partial charge in [-0.15, -0.1) is 0 Å². The number of aromatic nitrogens is 2. The van der Waals surface area contributed by atoms with E-state index in [2.05, 4.69) is 18.9 Å². The van der Waals surface area contributed by atoms with Gasteiger partial charge in [0.15, 0.2) is 5.69 Å². The molecule has 2 rings (SSSR count). The van der Waals surface area contributed by atoms with E-state index in [0.29, 0.717) is 11.5 Å². The van der Waals surface area contributed by atoms with Gasteiger partial charge < -0.3 is 15.2 Å². The van der Waals surface area contributed by atoms with Crippen LogP contribution in [0.1, 0.15) is 43.2 Å². The molecule has 1 amide bonds. The van der Waals surface area contributed by atoms with Crippen LogP contribution in [0.5, 0.6) is 11.5 Å². The Kier molecular flexibility index (Phi) is 5.26. The number of methoxy groups -OCH3 is 2. The maximum Gasteiger partial charge on any atom is 0.269 e. The van der Waals surface area contributed by atoms with Gasteiger partial charge >= 0.3 is 0 Å². The number of hydrogen-bond donors (Lipinski definition) is 1. The van der Waals surface area contributed by atoms with Crippen molar-refractivity contribution >= 4 is 5.91 Å². The Morgan fingerprint density at radius 2 is 1.78 bits per heavy atom. The fourth-order valence-electron chi connectivity index (χ4n) is 2.72. The molecular formula is C17H23N3O3. The molecule has 1 heterocycles. The Balaban J connectivity index is 2.74. The summed E-state index contributed by atoms with van der Waals surface area (Å²) in [6, 6.07) is 7.42. The summed E-state index contributed by atoms with van der Waals surface area (Å²) in [4.78, 5) is 11.6. The van der Waals surface area contributed by atoms with Crippen LogP contribution in [0.25, 0.3) is 11.3 Å². The standard InChI is InChI=1S/C17H23N3O3/c1-5-11(6-2)20-13(10-12(19-20)17(18)21)16-14(22-3)8-7-9-15(16)23-4/h7-11H,5-6H2,1-4H3,(H2,18,21). The van der Waals surface area contributed by atoms with E-state index in [1.54, 1.807) is 20.3 Å². The third-order valence-corrected chi connectivity index (χ3v) is 3.96.